The molecule has 0 bridgehead atoms. The fourth-order valence-corrected chi connectivity index (χ4v) is 2.55. The standard InChI is InChI=1S/C15H16N2OS/c1-10(2)15-17-13-8-11(5-6-14(13)18-15)16-9-12-4-3-7-19-12/h3-8,10,16H,9H2,1-2H3. The maximum absolute atomic E-state index is 5.70. The summed E-state index contributed by atoms with van der Waals surface area (Å²) >= 11 is 1.76. The fraction of sp³-hybridized carbons (Fsp3) is 0.267. The van der Waals surface area contributed by atoms with Gasteiger partial charge in [0.2, 0.25) is 0 Å². The number of fused-ring (bicyclic) bond motifs is 1. The van der Waals surface area contributed by atoms with Gasteiger partial charge in [-0.1, -0.05) is 19.9 Å². The van der Waals surface area contributed by atoms with Gasteiger partial charge in [0, 0.05) is 23.0 Å². The van der Waals surface area contributed by atoms with E-state index in [2.05, 4.69) is 41.7 Å². The molecule has 0 amide bonds. The van der Waals surface area contributed by atoms with Crippen molar-refractivity contribution in [3.63, 3.8) is 0 Å². The molecule has 0 saturated carbocycles. The third-order valence-corrected chi connectivity index (χ3v) is 3.82. The Bertz CT molecular complexity index is 671. The molecule has 1 aromatic carbocycles. The van der Waals surface area contributed by atoms with Gasteiger partial charge in [0.25, 0.3) is 0 Å². The van der Waals surface area contributed by atoms with Gasteiger partial charge < -0.3 is 9.73 Å². The molecule has 0 radical (unpaired) electrons. The van der Waals surface area contributed by atoms with Crippen molar-refractivity contribution in [2.45, 2.75) is 26.3 Å². The molecule has 4 heteroatoms. The maximum atomic E-state index is 5.70. The highest BCUT2D eigenvalue weighted by molar-refractivity contribution is 7.09. The van der Waals surface area contributed by atoms with Crippen LogP contribution < -0.4 is 5.32 Å². The molecule has 1 N–H and O–H groups in total. The lowest BCUT2D eigenvalue weighted by Gasteiger charge is -2.03. The van der Waals surface area contributed by atoms with Gasteiger partial charge in [-0.15, -0.1) is 11.3 Å². The zero-order chi connectivity index (χ0) is 13.2. The third-order valence-electron chi connectivity index (χ3n) is 2.94. The summed E-state index contributed by atoms with van der Waals surface area (Å²) < 4.78 is 5.70. The van der Waals surface area contributed by atoms with Gasteiger partial charge in [0.1, 0.15) is 5.52 Å². The van der Waals surface area contributed by atoms with Crippen molar-refractivity contribution in [2.75, 3.05) is 5.32 Å². The van der Waals surface area contributed by atoms with Crippen LogP contribution in [0.25, 0.3) is 11.1 Å². The lowest BCUT2D eigenvalue weighted by atomic mass is 10.2. The fourth-order valence-electron chi connectivity index (χ4n) is 1.90. The lowest BCUT2D eigenvalue weighted by Crippen LogP contribution is -1.96. The Morgan fingerprint density at radius 3 is 2.95 bits per heavy atom. The lowest BCUT2D eigenvalue weighted by molar-refractivity contribution is 0.501. The normalized spacial score (nSPS) is 11.3. The molecular weight excluding hydrogens is 256 g/mol. The van der Waals surface area contributed by atoms with Gasteiger partial charge in [-0.25, -0.2) is 4.98 Å². The molecular formula is C15H16N2OS. The van der Waals surface area contributed by atoms with Crippen molar-refractivity contribution in [1.29, 1.82) is 0 Å². The summed E-state index contributed by atoms with van der Waals surface area (Å²) in [6, 6.07) is 10.2. The Labute approximate surface area is 116 Å². The summed E-state index contributed by atoms with van der Waals surface area (Å²) in [5.41, 5.74) is 2.84. The van der Waals surface area contributed by atoms with E-state index in [1.165, 1.54) is 4.88 Å². The molecule has 0 atom stereocenters. The van der Waals surface area contributed by atoms with Gasteiger partial charge in [0.05, 0.1) is 0 Å². The highest BCUT2D eigenvalue weighted by Crippen LogP contribution is 2.24. The summed E-state index contributed by atoms with van der Waals surface area (Å²) in [6.45, 7) is 5.01. The summed E-state index contributed by atoms with van der Waals surface area (Å²) in [5, 5.41) is 5.50. The van der Waals surface area contributed by atoms with Crippen molar-refractivity contribution in [2.24, 2.45) is 0 Å². The van der Waals surface area contributed by atoms with E-state index in [0.29, 0.717) is 5.92 Å². The predicted octanol–water partition coefficient (Wildman–Crippen LogP) is 4.62. The van der Waals surface area contributed by atoms with Crippen LogP contribution in [-0.2, 0) is 6.54 Å². The molecule has 0 fully saturated rings. The monoisotopic (exact) mass is 272 g/mol. The first kappa shape index (κ1) is 12.2. The molecule has 98 valence electrons. The van der Waals surface area contributed by atoms with Crippen LogP contribution in [0.5, 0.6) is 0 Å². The Balaban J connectivity index is 1.80. The molecule has 3 nitrogen and oxygen atoms in total. The molecule has 0 aliphatic rings. The van der Waals surface area contributed by atoms with Crippen LogP contribution in [0, 0.1) is 0 Å². The SMILES string of the molecule is CC(C)c1nc2cc(NCc3cccs3)ccc2o1. The number of hydrogen-bond donors (Lipinski definition) is 1. The largest absolute Gasteiger partial charge is 0.440 e. The summed E-state index contributed by atoms with van der Waals surface area (Å²) in [4.78, 5) is 5.84. The van der Waals surface area contributed by atoms with E-state index in [1.54, 1.807) is 11.3 Å². The molecule has 0 aliphatic heterocycles. The first-order valence-corrected chi connectivity index (χ1v) is 7.27. The highest BCUT2D eigenvalue weighted by atomic mass is 32.1. The van der Waals surface area contributed by atoms with Crippen molar-refractivity contribution < 1.29 is 4.42 Å². The molecule has 0 unspecified atom stereocenters. The number of thiophene rings is 1. The van der Waals surface area contributed by atoms with Gasteiger partial charge in [-0.3, -0.25) is 0 Å². The smallest absolute Gasteiger partial charge is 0.198 e. The second-order valence-corrected chi connectivity index (χ2v) is 5.85. The van der Waals surface area contributed by atoms with Crippen LogP contribution in [-0.4, -0.2) is 4.98 Å². The second-order valence-electron chi connectivity index (χ2n) is 4.82. The number of benzene rings is 1. The molecule has 3 aromatic rings. The Hall–Kier alpha value is -1.81. The summed E-state index contributed by atoms with van der Waals surface area (Å²) in [5.74, 6) is 1.11. The predicted molar refractivity (Wildman–Crippen MR) is 79.7 cm³/mol. The topological polar surface area (TPSA) is 38.1 Å². The number of oxazole rings is 1. The molecule has 2 heterocycles. The van der Waals surface area contributed by atoms with Crippen LogP contribution in [0.3, 0.4) is 0 Å². The minimum Gasteiger partial charge on any atom is -0.440 e. The van der Waals surface area contributed by atoms with Gasteiger partial charge in [-0.05, 0) is 29.6 Å². The van der Waals surface area contributed by atoms with E-state index in [1.807, 2.05) is 18.2 Å². The minimum atomic E-state index is 0.315. The first-order valence-electron chi connectivity index (χ1n) is 6.39. The van der Waals surface area contributed by atoms with E-state index in [-0.39, 0.29) is 0 Å². The van der Waals surface area contributed by atoms with Gasteiger partial charge >= 0.3 is 0 Å². The zero-order valence-electron chi connectivity index (χ0n) is 11.0. The van der Waals surface area contributed by atoms with Crippen LogP contribution in [0.15, 0.2) is 40.1 Å². The molecule has 2 aromatic heterocycles. The van der Waals surface area contributed by atoms with Crippen molar-refractivity contribution in [1.82, 2.24) is 4.98 Å². The quantitative estimate of drug-likeness (QED) is 0.752. The van der Waals surface area contributed by atoms with Crippen LogP contribution in [0.2, 0.25) is 0 Å². The van der Waals surface area contributed by atoms with Crippen LogP contribution in [0.1, 0.15) is 30.5 Å². The Morgan fingerprint density at radius 2 is 2.21 bits per heavy atom. The van der Waals surface area contributed by atoms with Crippen molar-refractivity contribution >= 4 is 28.1 Å². The number of aromatic nitrogens is 1. The van der Waals surface area contributed by atoms with E-state index < -0.39 is 0 Å². The number of nitrogens with zero attached hydrogens (tertiary/aromatic N) is 1. The van der Waals surface area contributed by atoms with E-state index in [9.17, 15) is 0 Å². The third kappa shape index (κ3) is 2.63. The Morgan fingerprint density at radius 1 is 1.32 bits per heavy atom. The summed E-state index contributed by atoms with van der Waals surface area (Å²) in [7, 11) is 0. The van der Waals surface area contributed by atoms with E-state index in [0.717, 1.165) is 29.2 Å². The molecule has 0 aliphatic carbocycles. The van der Waals surface area contributed by atoms with E-state index >= 15 is 0 Å². The molecule has 3 rings (SSSR count). The number of anilines is 1. The van der Waals surface area contributed by atoms with Gasteiger partial charge in [-0.2, -0.15) is 0 Å². The zero-order valence-corrected chi connectivity index (χ0v) is 11.8. The average molecular weight is 272 g/mol. The van der Waals surface area contributed by atoms with E-state index in [4.69, 9.17) is 4.42 Å². The number of nitrogens with one attached hydrogen (secondary N) is 1. The Kier molecular flexibility index (Phi) is 3.25. The number of hydrogen-bond acceptors (Lipinski definition) is 4. The average Bonchev–Trinajstić information content (AvgIpc) is 3.04. The summed E-state index contributed by atoms with van der Waals surface area (Å²) in [6.07, 6.45) is 0. The molecule has 19 heavy (non-hydrogen) atoms. The van der Waals surface area contributed by atoms with Gasteiger partial charge in [0.15, 0.2) is 11.5 Å². The van der Waals surface area contributed by atoms with Crippen LogP contribution in [0.4, 0.5) is 5.69 Å². The molecule has 0 saturated heterocycles. The maximum Gasteiger partial charge on any atom is 0.198 e. The van der Waals surface area contributed by atoms with Crippen LogP contribution >= 0.6 is 11.3 Å². The minimum absolute atomic E-state index is 0.315. The highest BCUT2D eigenvalue weighted by Gasteiger charge is 2.09. The second kappa shape index (κ2) is 5.05. The molecule has 0 spiro atoms. The first-order chi connectivity index (χ1) is 9.22. The number of rotatable bonds is 4. The van der Waals surface area contributed by atoms with Crippen molar-refractivity contribution in [3.8, 4) is 0 Å². The van der Waals surface area contributed by atoms with Crippen molar-refractivity contribution in [3.05, 3.63) is 46.5 Å².